The number of rotatable bonds is 6. The lowest BCUT2D eigenvalue weighted by atomic mass is 10.1. The van der Waals surface area contributed by atoms with Gasteiger partial charge in [0.2, 0.25) is 5.91 Å². The van der Waals surface area contributed by atoms with E-state index in [1.165, 1.54) is 12.1 Å². The van der Waals surface area contributed by atoms with Gasteiger partial charge < -0.3 is 10.6 Å². The van der Waals surface area contributed by atoms with Gasteiger partial charge in [0.25, 0.3) is 5.69 Å². The number of para-hydroxylation sites is 4. The molecule has 3 aromatic rings. The second-order valence-electron chi connectivity index (χ2n) is 5.88. The van der Waals surface area contributed by atoms with E-state index in [-0.39, 0.29) is 23.7 Å². The molecule has 0 fully saturated rings. The topological polar surface area (TPSA) is 84.3 Å². The molecular weight excluding hydrogens is 401 g/mol. The monoisotopic (exact) mass is 415 g/mol. The minimum absolute atomic E-state index is 0.0112. The Bertz CT molecular complexity index is 1020. The number of carbonyl (C=O) groups excluding carboxylic acids is 1. The first-order valence-electron chi connectivity index (χ1n) is 8.28. The van der Waals surface area contributed by atoms with Gasteiger partial charge >= 0.3 is 0 Å². The number of amides is 1. The second kappa shape index (κ2) is 8.73. The molecule has 0 atom stereocenters. The van der Waals surface area contributed by atoms with Gasteiger partial charge in [-0.3, -0.25) is 14.9 Å². The van der Waals surface area contributed by atoms with E-state index < -0.39 is 4.92 Å². The van der Waals surface area contributed by atoms with Gasteiger partial charge in [-0.05, 0) is 29.8 Å². The number of nitrogens with zero attached hydrogens (tertiary/aromatic N) is 1. The summed E-state index contributed by atoms with van der Waals surface area (Å²) in [6.07, 6.45) is 0.0112. The first-order valence-corrected chi connectivity index (χ1v) is 9.03. The van der Waals surface area contributed by atoms with Crippen LogP contribution in [0, 0.1) is 10.1 Å². The molecule has 0 heterocycles. The minimum Gasteiger partial charge on any atom is -0.353 e. The Balaban J connectivity index is 1.80. The van der Waals surface area contributed by atoms with Crippen LogP contribution < -0.4 is 10.6 Å². The largest absolute Gasteiger partial charge is 0.353 e. The predicted molar refractivity (Wildman–Crippen MR) is 112 cm³/mol. The number of hydrogen-bond donors (Lipinski definition) is 2. The van der Waals surface area contributed by atoms with Crippen molar-refractivity contribution in [2.45, 2.75) is 6.42 Å². The molecule has 3 rings (SSSR count). The van der Waals surface area contributed by atoms with Crippen molar-refractivity contribution in [2.75, 3.05) is 10.6 Å². The van der Waals surface area contributed by atoms with Crippen molar-refractivity contribution in [3.8, 4) is 0 Å². The normalized spacial score (nSPS) is 10.4. The molecular formula is C20H15Cl2N3O3. The maximum Gasteiger partial charge on any atom is 0.292 e. The summed E-state index contributed by atoms with van der Waals surface area (Å²) in [6, 6.07) is 18.3. The number of anilines is 3. The zero-order valence-electron chi connectivity index (χ0n) is 14.5. The Hall–Kier alpha value is -3.09. The summed E-state index contributed by atoms with van der Waals surface area (Å²) in [5.74, 6) is -0.381. The number of nitrogens with one attached hydrogen (secondary N) is 2. The first-order chi connectivity index (χ1) is 13.5. The summed E-state index contributed by atoms with van der Waals surface area (Å²) in [5.41, 5.74) is 1.88. The van der Waals surface area contributed by atoms with E-state index in [0.717, 1.165) is 0 Å². The lowest BCUT2D eigenvalue weighted by Gasteiger charge is -2.14. The number of halogens is 2. The standard InChI is InChI=1S/C20H15Cl2N3O3/c21-14-7-5-8-15(22)20(14)24-16-9-2-1-6-13(16)12-19(26)23-17-10-3-4-11-18(17)25(27)28/h1-11,24H,12H2,(H,23,26). The van der Waals surface area contributed by atoms with Crippen LogP contribution in [0.15, 0.2) is 66.7 Å². The van der Waals surface area contributed by atoms with Gasteiger partial charge in [0.15, 0.2) is 0 Å². The number of nitro benzene ring substituents is 1. The third-order valence-corrected chi connectivity index (χ3v) is 4.60. The van der Waals surface area contributed by atoms with Crippen LogP contribution in [0.4, 0.5) is 22.7 Å². The Kier molecular flexibility index (Phi) is 6.13. The number of nitro groups is 1. The van der Waals surface area contributed by atoms with Gasteiger partial charge in [-0.25, -0.2) is 0 Å². The van der Waals surface area contributed by atoms with E-state index in [2.05, 4.69) is 10.6 Å². The highest BCUT2D eigenvalue weighted by atomic mass is 35.5. The van der Waals surface area contributed by atoms with E-state index in [1.54, 1.807) is 48.5 Å². The van der Waals surface area contributed by atoms with E-state index in [9.17, 15) is 14.9 Å². The van der Waals surface area contributed by atoms with Crippen molar-refractivity contribution >= 4 is 51.9 Å². The number of benzene rings is 3. The SMILES string of the molecule is O=C(Cc1ccccc1Nc1c(Cl)cccc1Cl)Nc1ccccc1[N+](=O)[O-]. The molecule has 0 saturated carbocycles. The van der Waals surface area contributed by atoms with Gasteiger partial charge in [0.1, 0.15) is 5.69 Å². The molecule has 0 aliphatic carbocycles. The van der Waals surface area contributed by atoms with E-state index in [1.807, 2.05) is 6.07 Å². The van der Waals surface area contributed by atoms with Gasteiger partial charge in [0, 0.05) is 11.8 Å². The van der Waals surface area contributed by atoms with Crippen LogP contribution in [0.1, 0.15) is 5.56 Å². The third-order valence-electron chi connectivity index (χ3n) is 3.97. The van der Waals surface area contributed by atoms with Crippen molar-refractivity contribution in [1.82, 2.24) is 0 Å². The molecule has 0 bridgehead atoms. The molecule has 0 aromatic heterocycles. The molecule has 0 aliphatic heterocycles. The summed E-state index contributed by atoms with van der Waals surface area (Å²) in [7, 11) is 0. The Morgan fingerprint density at radius 3 is 2.18 bits per heavy atom. The molecule has 142 valence electrons. The average molecular weight is 416 g/mol. The molecule has 0 spiro atoms. The van der Waals surface area contributed by atoms with Crippen molar-refractivity contribution < 1.29 is 9.72 Å². The van der Waals surface area contributed by atoms with Crippen molar-refractivity contribution in [3.05, 3.63) is 92.5 Å². The lowest BCUT2D eigenvalue weighted by Crippen LogP contribution is -2.16. The predicted octanol–water partition coefficient (Wildman–Crippen LogP) is 5.83. The zero-order chi connectivity index (χ0) is 20.1. The van der Waals surface area contributed by atoms with Crippen LogP contribution in [-0.2, 0) is 11.2 Å². The second-order valence-corrected chi connectivity index (χ2v) is 6.69. The highest BCUT2D eigenvalue weighted by Gasteiger charge is 2.16. The molecule has 1 amide bonds. The molecule has 0 aliphatic rings. The lowest BCUT2D eigenvalue weighted by molar-refractivity contribution is -0.383. The van der Waals surface area contributed by atoms with Crippen LogP contribution in [0.2, 0.25) is 10.0 Å². The summed E-state index contributed by atoms with van der Waals surface area (Å²) in [6.45, 7) is 0. The smallest absolute Gasteiger partial charge is 0.292 e. The molecule has 2 N–H and O–H groups in total. The van der Waals surface area contributed by atoms with Crippen molar-refractivity contribution in [1.29, 1.82) is 0 Å². The summed E-state index contributed by atoms with van der Waals surface area (Å²) in [4.78, 5) is 23.0. The number of hydrogen-bond acceptors (Lipinski definition) is 4. The van der Waals surface area contributed by atoms with Crippen LogP contribution in [0.3, 0.4) is 0 Å². The maximum absolute atomic E-state index is 12.5. The van der Waals surface area contributed by atoms with Crippen LogP contribution in [0.25, 0.3) is 0 Å². The van der Waals surface area contributed by atoms with Gasteiger partial charge in [-0.2, -0.15) is 0 Å². The van der Waals surface area contributed by atoms with E-state index >= 15 is 0 Å². The van der Waals surface area contributed by atoms with Crippen LogP contribution in [0.5, 0.6) is 0 Å². The summed E-state index contributed by atoms with van der Waals surface area (Å²) < 4.78 is 0. The molecule has 0 saturated heterocycles. The van der Waals surface area contributed by atoms with Crippen molar-refractivity contribution in [2.24, 2.45) is 0 Å². The van der Waals surface area contributed by atoms with Crippen LogP contribution >= 0.6 is 23.2 Å². The average Bonchev–Trinajstić information content (AvgIpc) is 2.66. The van der Waals surface area contributed by atoms with Gasteiger partial charge in [-0.15, -0.1) is 0 Å². The Morgan fingerprint density at radius 2 is 1.50 bits per heavy atom. The molecule has 3 aromatic carbocycles. The van der Waals surface area contributed by atoms with Crippen molar-refractivity contribution in [3.63, 3.8) is 0 Å². The third kappa shape index (κ3) is 4.60. The molecule has 6 nitrogen and oxygen atoms in total. The van der Waals surface area contributed by atoms with Gasteiger partial charge in [-0.1, -0.05) is 59.6 Å². The summed E-state index contributed by atoms with van der Waals surface area (Å²) >= 11 is 12.4. The molecule has 8 heteroatoms. The molecule has 28 heavy (non-hydrogen) atoms. The fourth-order valence-corrected chi connectivity index (χ4v) is 3.15. The maximum atomic E-state index is 12.5. The highest BCUT2D eigenvalue weighted by molar-refractivity contribution is 6.39. The highest BCUT2D eigenvalue weighted by Crippen LogP contribution is 2.33. The molecule has 0 unspecified atom stereocenters. The summed E-state index contributed by atoms with van der Waals surface area (Å²) in [5, 5.41) is 17.8. The first kappa shape index (κ1) is 19.7. The van der Waals surface area contributed by atoms with E-state index in [4.69, 9.17) is 23.2 Å². The Morgan fingerprint density at radius 1 is 0.893 bits per heavy atom. The zero-order valence-corrected chi connectivity index (χ0v) is 16.0. The fraction of sp³-hybridized carbons (Fsp3) is 0.0500. The quantitative estimate of drug-likeness (QED) is 0.391. The minimum atomic E-state index is -0.537. The Labute approximate surface area is 171 Å². The fourth-order valence-electron chi connectivity index (χ4n) is 2.65. The van der Waals surface area contributed by atoms with Crippen LogP contribution in [-0.4, -0.2) is 10.8 Å². The van der Waals surface area contributed by atoms with E-state index in [0.29, 0.717) is 27.0 Å². The molecule has 0 radical (unpaired) electrons. The van der Waals surface area contributed by atoms with Gasteiger partial charge in [0.05, 0.1) is 27.1 Å². The number of carbonyl (C=O) groups is 1.